The predicted octanol–water partition coefficient (Wildman–Crippen LogP) is 0.622. The van der Waals surface area contributed by atoms with Gasteiger partial charge < -0.3 is 15.1 Å². The Morgan fingerprint density at radius 1 is 1.43 bits per heavy atom. The van der Waals surface area contributed by atoms with Gasteiger partial charge in [0, 0.05) is 25.7 Å². The summed E-state index contributed by atoms with van der Waals surface area (Å²) < 4.78 is 0. The molecule has 1 N–H and O–H groups in total. The summed E-state index contributed by atoms with van der Waals surface area (Å²) in [6.07, 6.45) is 1.32. The molecule has 1 heterocycles. The van der Waals surface area contributed by atoms with Crippen LogP contribution < -0.4 is 5.32 Å². The number of nitrogens with one attached hydrogen (secondary N) is 1. The summed E-state index contributed by atoms with van der Waals surface area (Å²) in [5.74, 6) is 0. The largest absolute Gasteiger partial charge is 0.313 e. The minimum absolute atomic E-state index is 0.743. The third kappa shape index (κ3) is 3.95. The maximum atomic E-state index is 3.52. The fourth-order valence-corrected chi connectivity index (χ4v) is 1.96. The molecule has 0 aliphatic carbocycles. The molecule has 0 aromatic rings. The maximum Gasteiger partial charge on any atom is 0.0207 e. The quantitative estimate of drug-likeness (QED) is 0.676. The van der Waals surface area contributed by atoms with Crippen molar-refractivity contribution < 1.29 is 0 Å². The molecule has 0 bridgehead atoms. The Labute approximate surface area is 88.5 Å². The van der Waals surface area contributed by atoms with Gasteiger partial charge in [-0.3, -0.25) is 0 Å². The van der Waals surface area contributed by atoms with Crippen LogP contribution in [0.4, 0.5) is 0 Å². The molecule has 0 radical (unpaired) electrons. The average molecular weight is 199 g/mol. The molecule has 14 heavy (non-hydrogen) atoms. The molecule has 0 amide bonds. The summed E-state index contributed by atoms with van der Waals surface area (Å²) in [6.45, 7) is 11.6. The van der Waals surface area contributed by atoms with Gasteiger partial charge in [0.25, 0.3) is 0 Å². The minimum atomic E-state index is 0.743. The third-order valence-electron chi connectivity index (χ3n) is 3.10. The Balaban J connectivity index is 2.09. The molecule has 1 unspecified atom stereocenters. The minimum Gasteiger partial charge on any atom is -0.313 e. The number of nitrogens with zero attached hydrogens (tertiary/aromatic N) is 2. The van der Waals surface area contributed by atoms with E-state index in [2.05, 4.69) is 36.0 Å². The maximum absolute atomic E-state index is 3.52. The molecule has 1 fully saturated rings. The normalized spacial score (nSPS) is 23.6. The first-order valence-corrected chi connectivity index (χ1v) is 5.90. The number of rotatable bonds is 6. The smallest absolute Gasteiger partial charge is 0.0207 e. The van der Waals surface area contributed by atoms with Crippen LogP contribution in [0.5, 0.6) is 0 Å². The van der Waals surface area contributed by atoms with Gasteiger partial charge in [0.1, 0.15) is 0 Å². The first-order chi connectivity index (χ1) is 6.76. The second-order valence-electron chi connectivity index (χ2n) is 4.24. The first-order valence-electron chi connectivity index (χ1n) is 5.90. The van der Waals surface area contributed by atoms with E-state index in [-0.39, 0.29) is 0 Å². The zero-order chi connectivity index (χ0) is 10.4. The van der Waals surface area contributed by atoms with Gasteiger partial charge in [0.15, 0.2) is 0 Å². The van der Waals surface area contributed by atoms with E-state index in [9.17, 15) is 0 Å². The Hall–Kier alpha value is -0.120. The summed E-state index contributed by atoms with van der Waals surface area (Å²) in [4.78, 5) is 4.94. The van der Waals surface area contributed by atoms with Gasteiger partial charge in [0.05, 0.1) is 0 Å². The molecule has 1 aliphatic rings. The van der Waals surface area contributed by atoms with E-state index in [1.54, 1.807) is 0 Å². The molecule has 3 heteroatoms. The summed E-state index contributed by atoms with van der Waals surface area (Å²) in [5.41, 5.74) is 0. The van der Waals surface area contributed by atoms with Gasteiger partial charge in [0.2, 0.25) is 0 Å². The summed E-state index contributed by atoms with van der Waals surface area (Å²) in [5, 5.41) is 3.52. The average Bonchev–Trinajstić information content (AvgIpc) is 2.63. The third-order valence-corrected chi connectivity index (χ3v) is 3.10. The van der Waals surface area contributed by atoms with E-state index in [4.69, 9.17) is 0 Å². The molecule has 1 saturated heterocycles. The highest BCUT2D eigenvalue weighted by Crippen LogP contribution is 2.08. The van der Waals surface area contributed by atoms with Crippen molar-refractivity contribution >= 4 is 0 Å². The van der Waals surface area contributed by atoms with Crippen LogP contribution in [0.2, 0.25) is 0 Å². The molecule has 1 atom stereocenters. The zero-order valence-electron chi connectivity index (χ0n) is 9.92. The van der Waals surface area contributed by atoms with Crippen molar-refractivity contribution in [3.05, 3.63) is 0 Å². The van der Waals surface area contributed by atoms with Gasteiger partial charge in [-0.25, -0.2) is 0 Å². The van der Waals surface area contributed by atoms with E-state index in [1.165, 1.54) is 32.6 Å². The van der Waals surface area contributed by atoms with Gasteiger partial charge in [-0.15, -0.1) is 0 Å². The van der Waals surface area contributed by atoms with Crippen LogP contribution in [0.3, 0.4) is 0 Å². The number of hydrogen-bond acceptors (Lipinski definition) is 3. The zero-order valence-corrected chi connectivity index (χ0v) is 9.92. The first kappa shape index (κ1) is 12.0. The van der Waals surface area contributed by atoms with E-state index in [0.29, 0.717) is 0 Å². The van der Waals surface area contributed by atoms with E-state index in [0.717, 1.165) is 19.1 Å². The van der Waals surface area contributed by atoms with Crippen molar-refractivity contribution in [3.8, 4) is 0 Å². The Morgan fingerprint density at radius 3 is 2.86 bits per heavy atom. The highest BCUT2D eigenvalue weighted by molar-refractivity contribution is 4.80. The molecule has 0 aromatic carbocycles. The van der Waals surface area contributed by atoms with Crippen LogP contribution in [0, 0.1) is 0 Å². The molecule has 1 aliphatic heterocycles. The Bertz CT molecular complexity index is 149. The summed E-state index contributed by atoms with van der Waals surface area (Å²) >= 11 is 0. The second-order valence-corrected chi connectivity index (χ2v) is 4.24. The monoisotopic (exact) mass is 199 g/mol. The van der Waals surface area contributed by atoms with Crippen LogP contribution in [0.15, 0.2) is 0 Å². The van der Waals surface area contributed by atoms with Crippen LogP contribution in [-0.4, -0.2) is 62.2 Å². The Kier molecular flexibility index (Phi) is 5.45. The lowest BCUT2D eigenvalue weighted by Crippen LogP contribution is -2.35. The van der Waals surface area contributed by atoms with Gasteiger partial charge in [-0.2, -0.15) is 0 Å². The molecule has 0 saturated carbocycles. The lowest BCUT2D eigenvalue weighted by molar-refractivity contribution is 0.260. The van der Waals surface area contributed by atoms with Crippen LogP contribution >= 0.6 is 0 Å². The van der Waals surface area contributed by atoms with Crippen molar-refractivity contribution in [2.24, 2.45) is 0 Å². The standard InChI is InChI=1S/C11H25N3/c1-4-12-11-6-7-14(10-11)9-8-13(3)5-2/h11-12H,4-10H2,1-3H3. The fourth-order valence-electron chi connectivity index (χ4n) is 1.96. The van der Waals surface area contributed by atoms with Crippen LogP contribution in [0.25, 0.3) is 0 Å². The number of likely N-dealkylation sites (N-methyl/N-ethyl adjacent to an activating group) is 2. The molecule has 0 spiro atoms. The van der Waals surface area contributed by atoms with Crippen molar-refractivity contribution in [2.45, 2.75) is 26.3 Å². The second kappa shape index (κ2) is 6.38. The summed E-state index contributed by atoms with van der Waals surface area (Å²) in [7, 11) is 2.19. The van der Waals surface area contributed by atoms with Crippen LogP contribution in [0.1, 0.15) is 20.3 Å². The summed E-state index contributed by atoms with van der Waals surface area (Å²) in [6, 6.07) is 0.743. The van der Waals surface area contributed by atoms with Crippen LogP contribution in [-0.2, 0) is 0 Å². The molecular formula is C11H25N3. The highest BCUT2D eigenvalue weighted by atomic mass is 15.2. The Morgan fingerprint density at radius 2 is 2.21 bits per heavy atom. The van der Waals surface area contributed by atoms with E-state index >= 15 is 0 Å². The SMILES string of the molecule is CCNC1CCN(CCN(C)CC)C1. The molecule has 84 valence electrons. The molecule has 0 aromatic heterocycles. The lowest BCUT2D eigenvalue weighted by Gasteiger charge is -2.20. The van der Waals surface area contributed by atoms with Crippen molar-refractivity contribution in [3.63, 3.8) is 0 Å². The van der Waals surface area contributed by atoms with Crippen molar-refractivity contribution in [1.29, 1.82) is 0 Å². The predicted molar refractivity (Wildman–Crippen MR) is 61.7 cm³/mol. The fraction of sp³-hybridized carbons (Fsp3) is 1.00. The van der Waals surface area contributed by atoms with Crippen molar-refractivity contribution in [2.75, 3.05) is 46.3 Å². The highest BCUT2D eigenvalue weighted by Gasteiger charge is 2.20. The van der Waals surface area contributed by atoms with Gasteiger partial charge in [-0.1, -0.05) is 13.8 Å². The van der Waals surface area contributed by atoms with Gasteiger partial charge in [-0.05, 0) is 33.1 Å². The molecular weight excluding hydrogens is 174 g/mol. The number of likely N-dealkylation sites (tertiary alicyclic amines) is 1. The van der Waals surface area contributed by atoms with E-state index in [1.807, 2.05) is 0 Å². The van der Waals surface area contributed by atoms with E-state index < -0.39 is 0 Å². The van der Waals surface area contributed by atoms with Crippen molar-refractivity contribution in [1.82, 2.24) is 15.1 Å². The lowest BCUT2D eigenvalue weighted by atomic mass is 10.3. The molecule has 1 rings (SSSR count). The molecule has 3 nitrogen and oxygen atoms in total. The van der Waals surface area contributed by atoms with Gasteiger partial charge >= 0.3 is 0 Å². The topological polar surface area (TPSA) is 18.5 Å². The number of hydrogen-bond donors (Lipinski definition) is 1.